The molecule has 2 aromatic rings. The molecule has 0 radical (unpaired) electrons. The topological polar surface area (TPSA) is 50.2 Å². The normalized spacial score (nSPS) is 10.7. The molecule has 0 saturated carbocycles. The van der Waals surface area contributed by atoms with Crippen LogP contribution in [0.4, 0.5) is 8.78 Å². The number of carboxylic acid groups (broad SMARTS) is 1. The minimum atomic E-state index is -1.14. The summed E-state index contributed by atoms with van der Waals surface area (Å²) in [4.78, 5) is 15.3. The van der Waals surface area contributed by atoms with E-state index in [1.807, 2.05) is 0 Å². The van der Waals surface area contributed by atoms with Gasteiger partial charge in [0.25, 0.3) is 0 Å². The lowest BCUT2D eigenvalue weighted by molar-refractivity contribution is 0.0690. The van der Waals surface area contributed by atoms with Crippen molar-refractivity contribution in [1.29, 1.82) is 0 Å². The number of aromatic nitrogens is 1. The summed E-state index contributed by atoms with van der Waals surface area (Å²) in [6.07, 6.45) is 0. The van der Waals surface area contributed by atoms with Crippen molar-refractivity contribution in [3.05, 3.63) is 38.8 Å². The number of aromatic carboxylic acids is 1. The number of halogens is 3. The molecule has 1 aromatic heterocycles. The zero-order chi connectivity index (χ0) is 13.4. The monoisotopic (exact) mass is 333 g/mol. The number of carbonyl (C=O) groups is 1. The number of hydrogen-bond acceptors (Lipinski definition) is 3. The van der Waals surface area contributed by atoms with Crippen molar-refractivity contribution in [2.24, 2.45) is 0 Å². The SMILES string of the molecule is Cc1sc(-c2ccc(F)c(F)c2Br)nc1C(=O)O. The van der Waals surface area contributed by atoms with Gasteiger partial charge in [0.2, 0.25) is 0 Å². The molecule has 94 valence electrons. The molecule has 0 aliphatic heterocycles. The Morgan fingerprint density at radius 3 is 2.67 bits per heavy atom. The van der Waals surface area contributed by atoms with Gasteiger partial charge >= 0.3 is 5.97 Å². The number of nitrogens with zero attached hydrogens (tertiary/aromatic N) is 1. The van der Waals surface area contributed by atoms with Crippen LogP contribution in [0.3, 0.4) is 0 Å². The van der Waals surface area contributed by atoms with E-state index in [1.54, 1.807) is 6.92 Å². The smallest absolute Gasteiger partial charge is 0.355 e. The van der Waals surface area contributed by atoms with E-state index in [2.05, 4.69) is 20.9 Å². The molecule has 7 heteroatoms. The summed E-state index contributed by atoms with van der Waals surface area (Å²) in [6, 6.07) is 2.33. The van der Waals surface area contributed by atoms with E-state index in [-0.39, 0.29) is 10.2 Å². The number of hydrogen-bond donors (Lipinski definition) is 1. The molecule has 0 bridgehead atoms. The lowest BCUT2D eigenvalue weighted by atomic mass is 10.2. The van der Waals surface area contributed by atoms with Gasteiger partial charge in [0.05, 0.1) is 4.47 Å². The highest BCUT2D eigenvalue weighted by Crippen LogP contribution is 2.35. The number of rotatable bonds is 2. The van der Waals surface area contributed by atoms with Crippen molar-refractivity contribution in [3.8, 4) is 10.6 Å². The zero-order valence-electron chi connectivity index (χ0n) is 9.00. The van der Waals surface area contributed by atoms with Gasteiger partial charge in [-0.1, -0.05) is 0 Å². The Balaban J connectivity index is 2.60. The van der Waals surface area contributed by atoms with E-state index in [4.69, 9.17) is 5.11 Å². The third-order valence-corrected chi connectivity index (χ3v) is 4.04. The second-order valence-corrected chi connectivity index (χ2v) is 5.45. The Morgan fingerprint density at radius 1 is 1.44 bits per heavy atom. The Kier molecular flexibility index (Phi) is 3.45. The van der Waals surface area contributed by atoms with Gasteiger partial charge in [-0.2, -0.15) is 0 Å². The second kappa shape index (κ2) is 4.74. The van der Waals surface area contributed by atoms with Gasteiger partial charge in [-0.3, -0.25) is 0 Å². The lowest BCUT2D eigenvalue weighted by Gasteiger charge is -2.02. The van der Waals surface area contributed by atoms with E-state index in [0.29, 0.717) is 15.4 Å². The largest absolute Gasteiger partial charge is 0.476 e. The average Bonchev–Trinajstić information content (AvgIpc) is 2.68. The summed E-state index contributed by atoms with van der Waals surface area (Å²) >= 11 is 4.06. The van der Waals surface area contributed by atoms with Crippen LogP contribution in [-0.4, -0.2) is 16.1 Å². The van der Waals surface area contributed by atoms with Gasteiger partial charge in [0.1, 0.15) is 5.01 Å². The molecule has 0 aliphatic rings. The maximum Gasteiger partial charge on any atom is 0.355 e. The van der Waals surface area contributed by atoms with Crippen LogP contribution in [0.25, 0.3) is 10.6 Å². The van der Waals surface area contributed by atoms with Crippen LogP contribution < -0.4 is 0 Å². The Labute approximate surface area is 113 Å². The van der Waals surface area contributed by atoms with Gasteiger partial charge in [-0.05, 0) is 35.0 Å². The lowest BCUT2D eigenvalue weighted by Crippen LogP contribution is -1.98. The van der Waals surface area contributed by atoms with Crippen LogP contribution in [-0.2, 0) is 0 Å². The van der Waals surface area contributed by atoms with Crippen LogP contribution in [0.2, 0.25) is 0 Å². The van der Waals surface area contributed by atoms with E-state index in [9.17, 15) is 13.6 Å². The predicted octanol–water partition coefficient (Wildman–Crippen LogP) is 3.86. The van der Waals surface area contributed by atoms with Crippen LogP contribution in [0.5, 0.6) is 0 Å². The first-order chi connectivity index (χ1) is 8.41. The minimum absolute atomic E-state index is 0.0619. The van der Waals surface area contributed by atoms with Crippen LogP contribution >= 0.6 is 27.3 Å². The van der Waals surface area contributed by atoms with Crippen molar-refractivity contribution in [2.75, 3.05) is 0 Å². The molecule has 0 fully saturated rings. The Morgan fingerprint density at radius 2 is 2.11 bits per heavy atom. The van der Waals surface area contributed by atoms with Gasteiger partial charge in [0, 0.05) is 10.4 Å². The molecule has 2 rings (SSSR count). The van der Waals surface area contributed by atoms with Crippen LogP contribution in [0.1, 0.15) is 15.4 Å². The molecule has 0 unspecified atom stereocenters. The molecule has 0 saturated heterocycles. The maximum atomic E-state index is 13.4. The first-order valence-corrected chi connectivity index (χ1v) is 6.37. The van der Waals surface area contributed by atoms with Crippen molar-refractivity contribution >= 4 is 33.2 Å². The number of thiazole rings is 1. The predicted molar refractivity (Wildman–Crippen MR) is 66.9 cm³/mol. The molecule has 0 aliphatic carbocycles. The second-order valence-electron chi connectivity index (χ2n) is 3.45. The minimum Gasteiger partial charge on any atom is -0.476 e. The summed E-state index contributed by atoms with van der Waals surface area (Å²) < 4.78 is 26.3. The molecular formula is C11H6BrF2NO2S. The Hall–Kier alpha value is -1.34. The summed E-state index contributed by atoms with van der Waals surface area (Å²) in [5, 5.41) is 9.22. The molecule has 0 atom stereocenters. The highest BCUT2D eigenvalue weighted by molar-refractivity contribution is 9.10. The summed E-state index contributed by atoms with van der Waals surface area (Å²) in [6.45, 7) is 1.61. The quantitative estimate of drug-likeness (QED) is 0.849. The van der Waals surface area contributed by atoms with Gasteiger partial charge in [-0.25, -0.2) is 18.6 Å². The van der Waals surface area contributed by atoms with Crippen molar-refractivity contribution in [2.45, 2.75) is 6.92 Å². The van der Waals surface area contributed by atoms with Gasteiger partial charge in [0.15, 0.2) is 17.3 Å². The fraction of sp³-hybridized carbons (Fsp3) is 0.0909. The molecule has 3 nitrogen and oxygen atoms in total. The fourth-order valence-corrected chi connectivity index (χ4v) is 2.98. The van der Waals surface area contributed by atoms with E-state index < -0.39 is 17.6 Å². The highest BCUT2D eigenvalue weighted by Gasteiger charge is 2.19. The van der Waals surface area contributed by atoms with Gasteiger partial charge < -0.3 is 5.11 Å². The summed E-state index contributed by atoms with van der Waals surface area (Å²) in [5.74, 6) is -3.14. The molecule has 18 heavy (non-hydrogen) atoms. The molecule has 0 spiro atoms. The van der Waals surface area contributed by atoms with Crippen molar-refractivity contribution in [3.63, 3.8) is 0 Å². The summed E-state index contributed by atoms with van der Waals surface area (Å²) in [7, 11) is 0. The Bertz CT molecular complexity index is 642. The average molecular weight is 334 g/mol. The first kappa shape index (κ1) is 13.1. The van der Waals surface area contributed by atoms with Gasteiger partial charge in [-0.15, -0.1) is 11.3 Å². The number of aryl methyl sites for hydroxylation is 1. The molecular weight excluding hydrogens is 328 g/mol. The van der Waals surface area contributed by atoms with E-state index in [0.717, 1.165) is 17.4 Å². The fourth-order valence-electron chi connectivity index (χ4n) is 1.40. The molecule has 1 heterocycles. The molecule has 1 aromatic carbocycles. The number of benzene rings is 1. The zero-order valence-corrected chi connectivity index (χ0v) is 11.4. The van der Waals surface area contributed by atoms with E-state index >= 15 is 0 Å². The van der Waals surface area contributed by atoms with Crippen LogP contribution in [0, 0.1) is 18.6 Å². The molecule has 0 amide bonds. The van der Waals surface area contributed by atoms with Crippen molar-refractivity contribution < 1.29 is 18.7 Å². The standard InChI is InChI=1S/C11H6BrF2NO2S/c1-4-9(11(16)17)15-10(18-4)5-2-3-6(13)8(14)7(5)12/h2-3H,1H3,(H,16,17). The third kappa shape index (κ3) is 2.15. The maximum absolute atomic E-state index is 13.4. The third-order valence-electron chi connectivity index (χ3n) is 2.26. The molecule has 1 N–H and O–H groups in total. The first-order valence-electron chi connectivity index (χ1n) is 4.76. The van der Waals surface area contributed by atoms with E-state index in [1.165, 1.54) is 6.07 Å². The summed E-state index contributed by atoms with van der Waals surface area (Å²) in [5.41, 5.74) is 0.251. The highest BCUT2D eigenvalue weighted by atomic mass is 79.9. The van der Waals surface area contributed by atoms with Crippen LogP contribution in [0.15, 0.2) is 16.6 Å². The van der Waals surface area contributed by atoms with Crippen molar-refractivity contribution in [1.82, 2.24) is 4.98 Å². The number of carboxylic acids is 1.